The van der Waals surface area contributed by atoms with E-state index < -0.39 is 10.8 Å². The maximum atomic E-state index is 13.6. The second kappa shape index (κ2) is 11.4. The zero-order valence-corrected chi connectivity index (χ0v) is 24.1. The Hall–Kier alpha value is -5.10. The minimum absolute atomic E-state index is 0.0710. The van der Waals surface area contributed by atoms with Crippen LogP contribution in [0.3, 0.4) is 0 Å². The van der Waals surface area contributed by atoms with Gasteiger partial charge in [-0.2, -0.15) is 5.26 Å². The molecule has 0 saturated carbocycles. The van der Waals surface area contributed by atoms with E-state index >= 15 is 0 Å². The van der Waals surface area contributed by atoms with Crippen LogP contribution >= 0.6 is 0 Å². The van der Waals surface area contributed by atoms with Crippen molar-refractivity contribution >= 4 is 17.2 Å². The van der Waals surface area contributed by atoms with E-state index in [0.717, 1.165) is 33.6 Å². The number of aryl methyl sites for hydroxylation is 3. The van der Waals surface area contributed by atoms with Gasteiger partial charge in [0, 0.05) is 17.7 Å². The molecule has 3 aromatic rings. The highest BCUT2D eigenvalue weighted by atomic mass is 16.6. The molecule has 0 bridgehead atoms. The maximum absolute atomic E-state index is 13.6. The van der Waals surface area contributed by atoms with E-state index in [-0.39, 0.29) is 28.6 Å². The summed E-state index contributed by atoms with van der Waals surface area (Å²) in [7, 11) is 1.43. The first-order valence-corrected chi connectivity index (χ1v) is 13.7. The Morgan fingerprint density at radius 2 is 1.76 bits per heavy atom. The van der Waals surface area contributed by atoms with Crippen molar-refractivity contribution in [1.82, 2.24) is 0 Å². The molecule has 5 rings (SSSR count). The molecule has 2 aliphatic rings. The maximum Gasteiger partial charge on any atom is 0.296 e. The van der Waals surface area contributed by atoms with Crippen molar-refractivity contribution < 1.29 is 19.2 Å². The predicted octanol–water partition coefficient (Wildman–Crippen LogP) is 6.41. The van der Waals surface area contributed by atoms with Crippen LogP contribution in [0.2, 0.25) is 0 Å². The number of nitro groups is 1. The highest BCUT2D eigenvalue weighted by molar-refractivity contribution is 6.01. The molecule has 42 heavy (non-hydrogen) atoms. The number of benzene rings is 3. The number of ketones is 1. The van der Waals surface area contributed by atoms with Crippen molar-refractivity contribution in [3.8, 4) is 17.6 Å². The number of nitriles is 1. The number of hydrogen-bond donors (Lipinski definition) is 1. The first-order chi connectivity index (χ1) is 20.1. The second-order valence-corrected chi connectivity index (χ2v) is 10.7. The van der Waals surface area contributed by atoms with Gasteiger partial charge in [0.2, 0.25) is 0 Å². The molecule has 0 aromatic heterocycles. The van der Waals surface area contributed by atoms with E-state index in [0.29, 0.717) is 42.9 Å². The molecule has 9 nitrogen and oxygen atoms in total. The minimum atomic E-state index is -0.704. The fourth-order valence-electron chi connectivity index (χ4n) is 5.82. The van der Waals surface area contributed by atoms with Gasteiger partial charge in [-0.05, 0) is 80.1 Å². The third kappa shape index (κ3) is 5.07. The number of carbonyl (C=O) groups excluding carboxylic acids is 1. The molecule has 1 unspecified atom stereocenters. The summed E-state index contributed by atoms with van der Waals surface area (Å²) in [5.41, 5.74) is 12.6. The number of hydrogen-bond acceptors (Lipinski definition) is 8. The lowest BCUT2D eigenvalue weighted by atomic mass is 9.74. The molecule has 1 aliphatic heterocycles. The number of methoxy groups -OCH3 is 1. The number of rotatable bonds is 7. The predicted molar refractivity (Wildman–Crippen MR) is 159 cm³/mol. The molecule has 1 heterocycles. The minimum Gasteiger partial charge on any atom is -0.496 e. The molecular weight excluding hydrogens is 532 g/mol. The Bertz CT molecular complexity index is 1700. The van der Waals surface area contributed by atoms with Crippen LogP contribution < -0.4 is 20.1 Å². The summed E-state index contributed by atoms with van der Waals surface area (Å²) in [5, 5.41) is 22.6. The number of nitrogens with zero attached hydrogens (tertiary/aromatic N) is 3. The van der Waals surface area contributed by atoms with E-state index in [1.807, 2.05) is 57.2 Å². The van der Waals surface area contributed by atoms with Crippen LogP contribution in [-0.4, -0.2) is 17.8 Å². The Morgan fingerprint density at radius 1 is 1.05 bits per heavy atom. The van der Waals surface area contributed by atoms with Gasteiger partial charge < -0.3 is 15.2 Å². The van der Waals surface area contributed by atoms with Crippen molar-refractivity contribution in [2.24, 2.45) is 5.73 Å². The van der Waals surface area contributed by atoms with Crippen LogP contribution in [0.5, 0.6) is 11.5 Å². The zero-order valence-electron chi connectivity index (χ0n) is 24.1. The van der Waals surface area contributed by atoms with Crippen LogP contribution in [0.15, 0.2) is 77.3 Å². The van der Waals surface area contributed by atoms with Gasteiger partial charge >= 0.3 is 0 Å². The topological polar surface area (TPSA) is 132 Å². The van der Waals surface area contributed by atoms with E-state index in [1.165, 1.54) is 18.1 Å². The SMILES string of the molecule is COc1ccc(N2C(N)=C(C#N)C(c3cc(COc4ccc(C)cc4)c(C)cc3C)C3=C2CCCC3=O)c([N+](=O)[O-])c1. The van der Waals surface area contributed by atoms with E-state index in [1.54, 1.807) is 12.1 Å². The first kappa shape index (κ1) is 28.4. The molecule has 1 aliphatic carbocycles. The number of nitro benzene ring substituents is 1. The van der Waals surface area contributed by atoms with Crippen molar-refractivity contribution in [3.05, 3.63) is 115 Å². The summed E-state index contributed by atoms with van der Waals surface area (Å²) in [5.74, 6) is 0.325. The van der Waals surface area contributed by atoms with Crippen LogP contribution in [-0.2, 0) is 11.4 Å². The average molecular weight is 565 g/mol. The van der Waals surface area contributed by atoms with Crippen LogP contribution in [0.4, 0.5) is 11.4 Å². The molecule has 0 saturated heterocycles. The molecule has 0 fully saturated rings. The summed E-state index contributed by atoms with van der Waals surface area (Å²) in [6, 6.07) is 18.5. The van der Waals surface area contributed by atoms with E-state index in [4.69, 9.17) is 15.2 Å². The third-order valence-corrected chi connectivity index (χ3v) is 7.98. The lowest BCUT2D eigenvalue weighted by Gasteiger charge is -2.39. The van der Waals surface area contributed by atoms with E-state index in [9.17, 15) is 20.2 Å². The number of nitrogens with two attached hydrogens (primary N) is 1. The summed E-state index contributed by atoms with van der Waals surface area (Å²) < 4.78 is 11.3. The van der Waals surface area contributed by atoms with Gasteiger partial charge in [-0.25, -0.2) is 0 Å². The number of carbonyl (C=O) groups is 1. The highest BCUT2D eigenvalue weighted by Crippen LogP contribution is 2.49. The van der Waals surface area contributed by atoms with Gasteiger partial charge in [-0.3, -0.25) is 19.8 Å². The van der Waals surface area contributed by atoms with Crippen LogP contribution in [0.1, 0.15) is 53.0 Å². The van der Waals surface area contributed by atoms with Crippen molar-refractivity contribution in [2.45, 2.75) is 52.6 Å². The van der Waals surface area contributed by atoms with E-state index in [2.05, 4.69) is 6.07 Å². The second-order valence-electron chi connectivity index (χ2n) is 10.7. The molecule has 0 radical (unpaired) electrons. The highest BCUT2D eigenvalue weighted by Gasteiger charge is 2.42. The Kier molecular flexibility index (Phi) is 7.72. The van der Waals surface area contributed by atoms with Gasteiger partial charge in [0.15, 0.2) is 5.78 Å². The molecule has 0 amide bonds. The Labute approximate surface area is 244 Å². The fraction of sp³-hybridized carbons (Fsp3) is 0.273. The summed E-state index contributed by atoms with van der Waals surface area (Å²) >= 11 is 0. The van der Waals surface area contributed by atoms with Gasteiger partial charge in [0.1, 0.15) is 29.6 Å². The number of allylic oxidation sites excluding steroid dienone is 3. The standard InChI is InChI=1S/C33H32N4O5/c1-19-8-10-23(11-9-19)42-18-22-15-25(21(3)14-20(22)2)31-26(17-34)33(35)36(28-6-5-7-30(38)32(28)31)27-13-12-24(41-4)16-29(27)37(39)40/h8-16,31H,5-7,18,35H2,1-4H3. The van der Waals surface area contributed by atoms with Crippen LogP contribution in [0.25, 0.3) is 0 Å². The molecule has 1 atom stereocenters. The smallest absolute Gasteiger partial charge is 0.296 e. The van der Waals surface area contributed by atoms with Crippen molar-refractivity contribution in [3.63, 3.8) is 0 Å². The molecule has 3 aromatic carbocycles. The Balaban J connectivity index is 1.65. The number of Topliss-reactive ketones (excluding diaryl/α,β-unsaturated/α-hetero) is 1. The summed E-state index contributed by atoms with van der Waals surface area (Å²) in [4.78, 5) is 26.7. The lowest BCUT2D eigenvalue weighted by Crippen LogP contribution is -2.39. The zero-order chi connectivity index (χ0) is 30.1. The summed E-state index contributed by atoms with van der Waals surface area (Å²) in [6.07, 6.45) is 1.37. The van der Waals surface area contributed by atoms with Gasteiger partial charge in [0.25, 0.3) is 5.69 Å². The van der Waals surface area contributed by atoms with Gasteiger partial charge in [-0.1, -0.05) is 29.8 Å². The lowest BCUT2D eigenvalue weighted by molar-refractivity contribution is -0.384. The average Bonchev–Trinajstić information content (AvgIpc) is 2.97. The molecular formula is C33H32N4O5. The number of ether oxygens (including phenoxy) is 2. The Morgan fingerprint density at radius 3 is 2.43 bits per heavy atom. The molecule has 2 N–H and O–H groups in total. The normalized spacial score (nSPS) is 16.7. The monoisotopic (exact) mass is 564 g/mol. The molecule has 214 valence electrons. The van der Waals surface area contributed by atoms with Crippen molar-refractivity contribution in [1.29, 1.82) is 5.26 Å². The summed E-state index contributed by atoms with van der Waals surface area (Å²) in [6.45, 7) is 6.27. The van der Waals surface area contributed by atoms with Gasteiger partial charge in [-0.15, -0.1) is 0 Å². The first-order valence-electron chi connectivity index (χ1n) is 13.7. The fourth-order valence-corrected chi connectivity index (χ4v) is 5.82. The van der Waals surface area contributed by atoms with Crippen LogP contribution in [0, 0.1) is 42.2 Å². The molecule has 0 spiro atoms. The molecule has 9 heteroatoms. The quantitative estimate of drug-likeness (QED) is 0.257. The largest absolute Gasteiger partial charge is 0.496 e. The number of anilines is 1. The van der Waals surface area contributed by atoms with Crippen molar-refractivity contribution in [2.75, 3.05) is 12.0 Å². The third-order valence-electron chi connectivity index (χ3n) is 7.98. The van der Waals surface area contributed by atoms with Gasteiger partial charge in [0.05, 0.1) is 35.7 Å².